The SMILES string of the molecule is CCOc1ccccc1C1C(N)CCN1C1CC1. The van der Waals surface area contributed by atoms with Crippen molar-refractivity contribution >= 4 is 0 Å². The molecule has 0 amide bonds. The van der Waals surface area contributed by atoms with Gasteiger partial charge in [-0.05, 0) is 32.3 Å². The minimum Gasteiger partial charge on any atom is -0.494 e. The molecule has 0 aromatic heterocycles. The molecule has 2 fully saturated rings. The molecule has 0 spiro atoms. The molecule has 2 atom stereocenters. The van der Waals surface area contributed by atoms with Crippen LogP contribution < -0.4 is 10.5 Å². The second kappa shape index (κ2) is 4.90. The first-order chi connectivity index (χ1) is 8.81. The van der Waals surface area contributed by atoms with Crippen LogP contribution in [0.5, 0.6) is 5.75 Å². The van der Waals surface area contributed by atoms with E-state index in [9.17, 15) is 0 Å². The number of para-hydroxylation sites is 1. The van der Waals surface area contributed by atoms with Gasteiger partial charge in [0.25, 0.3) is 0 Å². The molecule has 1 saturated heterocycles. The minimum absolute atomic E-state index is 0.243. The summed E-state index contributed by atoms with van der Waals surface area (Å²) >= 11 is 0. The molecule has 1 aromatic carbocycles. The predicted molar refractivity (Wildman–Crippen MR) is 72.7 cm³/mol. The zero-order chi connectivity index (χ0) is 12.5. The quantitative estimate of drug-likeness (QED) is 0.886. The molecule has 1 aliphatic carbocycles. The summed E-state index contributed by atoms with van der Waals surface area (Å²) in [6.07, 6.45) is 3.77. The molecule has 3 rings (SSSR count). The Morgan fingerprint density at radius 1 is 1.28 bits per heavy atom. The van der Waals surface area contributed by atoms with E-state index >= 15 is 0 Å². The van der Waals surface area contributed by atoms with Crippen LogP contribution in [0.25, 0.3) is 0 Å². The first-order valence-electron chi connectivity index (χ1n) is 7.04. The summed E-state index contributed by atoms with van der Waals surface area (Å²) in [4.78, 5) is 2.59. The van der Waals surface area contributed by atoms with Crippen molar-refractivity contribution in [2.75, 3.05) is 13.2 Å². The fourth-order valence-corrected chi connectivity index (χ4v) is 3.08. The van der Waals surface area contributed by atoms with Gasteiger partial charge >= 0.3 is 0 Å². The first-order valence-corrected chi connectivity index (χ1v) is 7.04. The van der Waals surface area contributed by atoms with E-state index in [0.717, 1.165) is 24.8 Å². The maximum absolute atomic E-state index is 6.33. The van der Waals surface area contributed by atoms with Crippen molar-refractivity contribution in [2.45, 2.75) is 44.3 Å². The van der Waals surface area contributed by atoms with Crippen LogP contribution in [-0.4, -0.2) is 30.1 Å². The van der Waals surface area contributed by atoms with Crippen molar-refractivity contribution in [3.63, 3.8) is 0 Å². The molecule has 1 heterocycles. The van der Waals surface area contributed by atoms with Crippen LogP contribution in [0.4, 0.5) is 0 Å². The molecule has 0 bridgehead atoms. The number of hydrogen-bond acceptors (Lipinski definition) is 3. The van der Waals surface area contributed by atoms with Crippen molar-refractivity contribution in [1.29, 1.82) is 0 Å². The summed E-state index contributed by atoms with van der Waals surface area (Å²) < 4.78 is 5.76. The summed E-state index contributed by atoms with van der Waals surface area (Å²) in [6.45, 7) is 3.88. The van der Waals surface area contributed by atoms with Crippen molar-refractivity contribution in [3.8, 4) is 5.75 Å². The topological polar surface area (TPSA) is 38.5 Å². The lowest BCUT2D eigenvalue weighted by molar-refractivity contribution is 0.229. The van der Waals surface area contributed by atoms with E-state index in [1.165, 1.54) is 18.4 Å². The van der Waals surface area contributed by atoms with Gasteiger partial charge in [-0.1, -0.05) is 18.2 Å². The Kier molecular flexibility index (Phi) is 3.27. The zero-order valence-corrected chi connectivity index (χ0v) is 11.0. The monoisotopic (exact) mass is 246 g/mol. The number of likely N-dealkylation sites (tertiary alicyclic amines) is 1. The zero-order valence-electron chi connectivity index (χ0n) is 11.0. The average molecular weight is 246 g/mol. The minimum atomic E-state index is 0.243. The number of nitrogens with zero attached hydrogens (tertiary/aromatic N) is 1. The van der Waals surface area contributed by atoms with Crippen molar-refractivity contribution in [1.82, 2.24) is 4.90 Å². The third kappa shape index (κ3) is 2.13. The lowest BCUT2D eigenvalue weighted by Crippen LogP contribution is -2.33. The molecule has 18 heavy (non-hydrogen) atoms. The Labute approximate surface area is 109 Å². The molecule has 1 aromatic rings. The van der Waals surface area contributed by atoms with Gasteiger partial charge in [0.15, 0.2) is 0 Å². The molecular weight excluding hydrogens is 224 g/mol. The maximum Gasteiger partial charge on any atom is 0.124 e. The normalized spacial score (nSPS) is 28.6. The molecule has 3 heteroatoms. The summed E-state index contributed by atoms with van der Waals surface area (Å²) in [6, 6.07) is 9.72. The van der Waals surface area contributed by atoms with Crippen LogP contribution in [0.2, 0.25) is 0 Å². The number of ether oxygens (including phenoxy) is 1. The summed E-state index contributed by atoms with van der Waals surface area (Å²) in [5.74, 6) is 1.01. The summed E-state index contributed by atoms with van der Waals surface area (Å²) in [7, 11) is 0. The number of nitrogens with two attached hydrogens (primary N) is 1. The van der Waals surface area contributed by atoms with Crippen LogP contribution >= 0.6 is 0 Å². The molecule has 0 radical (unpaired) electrons. The third-order valence-electron chi connectivity index (χ3n) is 4.04. The largest absolute Gasteiger partial charge is 0.494 e. The van der Waals surface area contributed by atoms with Crippen molar-refractivity contribution in [2.24, 2.45) is 5.73 Å². The van der Waals surface area contributed by atoms with Crippen LogP contribution in [0.15, 0.2) is 24.3 Å². The van der Waals surface area contributed by atoms with E-state index in [1.54, 1.807) is 0 Å². The van der Waals surface area contributed by atoms with Gasteiger partial charge in [0.05, 0.1) is 12.6 Å². The number of benzene rings is 1. The second-order valence-electron chi connectivity index (χ2n) is 5.34. The van der Waals surface area contributed by atoms with E-state index in [0.29, 0.717) is 12.6 Å². The van der Waals surface area contributed by atoms with E-state index in [-0.39, 0.29) is 6.04 Å². The highest BCUT2D eigenvalue weighted by Crippen LogP contribution is 2.42. The summed E-state index contributed by atoms with van der Waals surface area (Å²) in [5.41, 5.74) is 7.61. The van der Waals surface area contributed by atoms with Gasteiger partial charge in [-0.3, -0.25) is 4.90 Å². The Bertz CT molecular complexity index is 417. The van der Waals surface area contributed by atoms with Crippen LogP contribution in [0.3, 0.4) is 0 Å². The number of rotatable bonds is 4. The fourth-order valence-electron chi connectivity index (χ4n) is 3.08. The molecule has 1 saturated carbocycles. The molecule has 2 unspecified atom stereocenters. The smallest absolute Gasteiger partial charge is 0.124 e. The van der Waals surface area contributed by atoms with Gasteiger partial charge in [0.1, 0.15) is 5.75 Å². The first kappa shape index (κ1) is 12.0. The molecular formula is C15H22N2O. The van der Waals surface area contributed by atoms with Gasteiger partial charge in [0.2, 0.25) is 0 Å². The van der Waals surface area contributed by atoms with Crippen molar-refractivity contribution < 1.29 is 4.74 Å². The van der Waals surface area contributed by atoms with Gasteiger partial charge < -0.3 is 10.5 Å². The van der Waals surface area contributed by atoms with Gasteiger partial charge in [-0.25, -0.2) is 0 Å². The van der Waals surface area contributed by atoms with E-state index in [2.05, 4.69) is 23.1 Å². The highest BCUT2D eigenvalue weighted by molar-refractivity contribution is 5.38. The molecule has 1 aliphatic heterocycles. The maximum atomic E-state index is 6.33. The lowest BCUT2D eigenvalue weighted by atomic mass is 9.99. The predicted octanol–water partition coefficient (Wildman–Crippen LogP) is 2.32. The second-order valence-corrected chi connectivity index (χ2v) is 5.34. The lowest BCUT2D eigenvalue weighted by Gasteiger charge is -2.28. The van der Waals surface area contributed by atoms with Gasteiger partial charge in [0, 0.05) is 24.2 Å². The third-order valence-corrected chi connectivity index (χ3v) is 4.04. The van der Waals surface area contributed by atoms with Gasteiger partial charge in [-0.15, -0.1) is 0 Å². The molecule has 98 valence electrons. The van der Waals surface area contributed by atoms with Crippen LogP contribution in [0, 0.1) is 0 Å². The van der Waals surface area contributed by atoms with Gasteiger partial charge in [-0.2, -0.15) is 0 Å². The Balaban J connectivity index is 1.91. The van der Waals surface area contributed by atoms with Crippen molar-refractivity contribution in [3.05, 3.63) is 29.8 Å². The summed E-state index contributed by atoms with van der Waals surface area (Å²) in [5, 5.41) is 0. The number of hydrogen-bond donors (Lipinski definition) is 1. The van der Waals surface area contributed by atoms with Crippen LogP contribution in [0.1, 0.15) is 37.8 Å². The highest BCUT2D eigenvalue weighted by atomic mass is 16.5. The molecule has 2 N–H and O–H groups in total. The van der Waals surface area contributed by atoms with E-state index in [4.69, 9.17) is 10.5 Å². The van der Waals surface area contributed by atoms with E-state index in [1.807, 2.05) is 13.0 Å². The standard InChI is InChI=1S/C15H22N2O/c1-2-18-14-6-4-3-5-12(14)15-13(16)9-10-17(15)11-7-8-11/h3-6,11,13,15H,2,7-10,16H2,1H3. The molecule has 3 nitrogen and oxygen atoms in total. The Morgan fingerprint density at radius 2 is 2.06 bits per heavy atom. The Morgan fingerprint density at radius 3 is 2.78 bits per heavy atom. The average Bonchev–Trinajstić information content (AvgIpc) is 3.15. The molecule has 2 aliphatic rings. The highest BCUT2D eigenvalue weighted by Gasteiger charge is 2.42. The fraction of sp³-hybridized carbons (Fsp3) is 0.600. The Hall–Kier alpha value is -1.06. The van der Waals surface area contributed by atoms with E-state index < -0.39 is 0 Å². The van der Waals surface area contributed by atoms with Crippen LogP contribution in [-0.2, 0) is 0 Å².